The molecule has 13 heavy (non-hydrogen) atoms. The first-order valence-electron chi connectivity index (χ1n) is 4.04. The lowest BCUT2D eigenvalue weighted by Gasteiger charge is -2.05. The van der Waals surface area contributed by atoms with E-state index in [1.807, 2.05) is 19.1 Å². The van der Waals surface area contributed by atoms with Gasteiger partial charge in [0.2, 0.25) is 0 Å². The molecule has 0 aliphatic heterocycles. The Kier molecular flexibility index (Phi) is 3.77. The quantitative estimate of drug-likeness (QED) is 0.736. The highest BCUT2D eigenvalue weighted by atomic mass is 35.5. The molecule has 1 aromatic rings. The van der Waals surface area contributed by atoms with Gasteiger partial charge in [-0.15, -0.1) is 0 Å². The maximum absolute atomic E-state index is 12.7. The van der Waals surface area contributed by atoms with Crippen molar-refractivity contribution in [2.24, 2.45) is 0 Å². The van der Waals surface area contributed by atoms with Crippen molar-refractivity contribution in [1.29, 1.82) is 0 Å². The smallest absolute Gasteiger partial charge is 0.125 e. The highest BCUT2D eigenvalue weighted by molar-refractivity contribution is 6.33. The predicted molar refractivity (Wildman–Crippen MR) is 54.7 cm³/mol. The first-order chi connectivity index (χ1) is 6.24. The molecule has 0 aromatic heterocycles. The zero-order valence-electron chi connectivity index (χ0n) is 7.35. The van der Waals surface area contributed by atoms with Crippen LogP contribution in [0.2, 0.25) is 5.02 Å². The Morgan fingerprint density at radius 2 is 2.31 bits per heavy atom. The fourth-order valence-electron chi connectivity index (χ4n) is 0.920. The molecule has 0 atom stereocenters. The molecule has 1 aromatic carbocycles. The minimum atomic E-state index is -0.285. The van der Waals surface area contributed by atoms with E-state index < -0.39 is 0 Å². The van der Waals surface area contributed by atoms with Crippen molar-refractivity contribution in [2.45, 2.75) is 6.92 Å². The van der Waals surface area contributed by atoms with E-state index in [-0.39, 0.29) is 5.82 Å². The average Bonchev–Trinajstić information content (AvgIpc) is 2.11. The van der Waals surface area contributed by atoms with Crippen molar-refractivity contribution in [1.82, 2.24) is 0 Å². The van der Waals surface area contributed by atoms with Crippen LogP contribution in [0.3, 0.4) is 0 Å². The van der Waals surface area contributed by atoms with Crippen LogP contribution in [0.15, 0.2) is 30.4 Å². The van der Waals surface area contributed by atoms with Crippen LogP contribution in [-0.2, 0) is 0 Å². The fourth-order valence-corrected chi connectivity index (χ4v) is 1.10. The van der Waals surface area contributed by atoms with Gasteiger partial charge in [-0.1, -0.05) is 23.8 Å². The number of anilines is 1. The summed E-state index contributed by atoms with van der Waals surface area (Å²) in [6.07, 6.45) is 3.85. The molecule has 0 fully saturated rings. The Bertz CT molecular complexity index is 310. The zero-order valence-corrected chi connectivity index (χ0v) is 8.11. The van der Waals surface area contributed by atoms with Gasteiger partial charge >= 0.3 is 0 Å². The van der Waals surface area contributed by atoms with Crippen LogP contribution >= 0.6 is 11.6 Å². The fraction of sp³-hybridized carbons (Fsp3) is 0.200. The molecule has 0 spiro atoms. The zero-order chi connectivity index (χ0) is 9.68. The molecule has 0 bridgehead atoms. The minimum absolute atomic E-state index is 0.285. The van der Waals surface area contributed by atoms with E-state index in [4.69, 9.17) is 11.6 Å². The SMILES string of the molecule is C/C=C/CNc1cc(F)ccc1Cl. The number of benzene rings is 1. The molecule has 0 heterocycles. The summed E-state index contributed by atoms with van der Waals surface area (Å²) in [4.78, 5) is 0. The number of halogens is 2. The van der Waals surface area contributed by atoms with Crippen molar-refractivity contribution in [3.05, 3.63) is 41.2 Å². The second-order valence-electron chi connectivity index (χ2n) is 2.57. The van der Waals surface area contributed by atoms with Crippen molar-refractivity contribution in [3.8, 4) is 0 Å². The third-order valence-electron chi connectivity index (χ3n) is 1.57. The highest BCUT2D eigenvalue weighted by Crippen LogP contribution is 2.21. The first-order valence-corrected chi connectivity index (χ1v) is 4.42. The summed E-state index contributed by atoms with van der Waals surface area (Å²) in [5.41, 5.74) is 0.625. The summed E-state index contributed by atoms with van der Waals surface area (Å²) in [6, 6.07) is 4.25. The van der Waals surface area contributed by atoms with Crippen LogP contribution < -0.4 is 5.32 Å². The number of nitrogens with one attached hydrogen (secondary N) is 1. The molecular weight excluding hydrogens is 189 g/mol. The monoisotopic (exact) mass is 199 g/mol. The topological polar surface area (TPSA) is 12.0 Å². The Labute approximate surface area is 82.2 Å². The Morgan fingerprint density at radius 3 is 3.00 bits per heavy atom. The number of hydrogen-bond donors (Lipinski definition) is 1. The Balaban J connectivity index is 2.69. The van der Waals surface area contributed by atoms with Gasteiger partial charge in [-0.25, -0.2) is 4.39 Å². The second kappa shape index (κ2) is 4.87. The lowest BCUT2D eigenvalue weighted by molar-refractivity contribution is 0.628. The van der Waals surface area contributed by atoms with E-state index in [0.29, 0.717) is 17.3 Å². The van der Waals surface area contributed by atoms with Gasteiger partial charge in [0.25, 0.3) is 0 Å². The summed E-state index contributed by atoms with van der Waals surface area (Å²) >= 11 is 5.82. The molecule has 70 valence electrons. The molecule has 0 saturated carbocycles. The molecule has 0 saturated heterocycles. The van der Waals surface area contributed by atoms with Gasteiger partial charge in [-0.05, 0) is 25.1 Å². The largest absolute Gasteiger partial charge is 0.380 e. The van der Waals surface area contributed by atoms with E-state index in [0.717, 1.165) is 0 Å². The molecule has 0 unspecified atom stereocenters. The van der Waals surface area contributed by atoms with E-state index in [2.05, 4.69) is 5.32 Å². The summed E-state index contributed by atoms with van der Waals surface area (Å²) in [5.74, 6) is -0.285. The van der Waals surface area contributed by atoms with Gasteiger partial charge in [-0.3, -0.25) is 0 Å². The van der Waals surface area contributed by atoms with E-state index in [1.165, 1.54) is 18.2 Å². The molecule has 1 nitrogen and oxygen atoms in total. The minimum Gasteiger partial charge on any atom is -0.380 e. The van der Waals surface area contributed by atoms with Gasteiger partial charge in [-0.2, -0.15) is 0 Å². The lowest BCUT2D eigenvalue weighted by atomic mass is 10.3. The number of allylic oxidation sites excluding steroid dienone is 1. The third kappa shape index (κ3) is 3.07. The summed E-state index contributed by atoms with van der Waals surface area (Å²) < 4.78 is 12.7. The van der Waals surface area contributed by atoms with E-state index in [9.17, 15) is 4.39 Å². The van der Waals surface area contributed by atoms with Crippen LogP contribution in [0.1, 0.15) is 6.92 Å². The molecule has 0 aliphatic rings. The van der Waals surface area contributed by atoms with Crippen molar-refractivity contribution < 1.29 is 4.39 Å². The van der Waals surface area contributed by atoms with Crippen molar-refractivity contribution >= 4 is 17.3 Å². The Hall–Kier alpha value is -1.02. The molecular formula is C10H11ClFN. The highest BCUT2D eigenvalue weighted by Gasteiger charge is 1.99. The molecule has 3 heteroatoms. The molecule has 1 rings (SSSR count). The maximum Gasteiger partial charge on any atom is 0.125 e. The molecule has 0 radical (unpaired) electrons. The van der Waals surface area contributed by atoms with Crippen LogP contribution in [0.4, 0.5) is 10.1 Å². The van der Waals surface area contributed by atoms with Gasteiger partial charge in [0, 0.05) is 6.54 Å². The van der Waals surface area contributed by atoms with Crippen LogP contribution in [0.5, 0.6) is 0 Å². The lowest BCUT2D eigenvalue weighted by Crippen LogP contribution is -1.98. The number of rotatable bonds is 3. The van der Waals surface area contributed by atoms with Crippen molar-refractivity contribution in [2.75, 3.05) is 11.9 Å². The maximum atomic E-state index is 12.7. The van der Waals surface area contributed by atoms with Crippen LogP contribution in [0.25, 0.3) is 0 Å². The molecule has 0 amide bonds. The van der Waals surface area contributed by atoms with Gasteiger partial charge in [0.05, 0.1) is 10.7 Å². The summed E-state index contributed by atoms with van der Waals surface area (Å²) in [6.45, 7) is 2.58. The number of hydrogen-bond acceptors (Lipinski definition) is 1. The van der Waals surface area contributed by atoms with Gasteiger partial charge in [0.1, 0.15) is 5.82 Å². The third-order valence-corrected chi connectivity index (χ3v) is 1.90. The summed E-state index contributed by atoms with van der Waals surface area (Å²) in [7, 11) is 0. The second-order valence-corrected chi connectivity index (χ2v) is 2.98. The standard InChI is InChI=1S/C10H11ClFN/c1-2-3-6-13-10-7-8(12)4-5-9(10)11/h2-5,7,13H,6H2,1H3/b3-2+. The van der Waals surface area contributed by atoms with Crippen molar-refractivity contribution in [3.63, 3.8) is 0 Å². The van der Waals surface area contributed by atoms with E-state index >= 15 is 0 Å². The van der Waals surface area contributed by atoms with Crippen LogP contribution in [0, 0.1) is 5.82 Å². The van der Waals surface area contributed by atoms with Gasteiger partial charge in [0.15, 0.2) is 0 Å². The normalized spacial score (nSPS) is 10.7. The predicted octanol–water partition coefficient (Wildman–Crippen LogP) is 3.47. The van der Waals surface area contributed by atoms with E-state index in [1.54, 1.807) is 0 Å². The molecule has 0 aliphatic carbocycles. The summed E-state index contributed by atoms with van der Waals surface area (Å²) in [5, 5.41) is 3.53. The Morgan fingerprint density at radius 1 is 1.54 bits per heavy atom. The van der Waals surface area contributed by atoms with Gasteiger partial charge < -0.3 is 5.32 Å². The van der Waals surface area contributed by atoms with Crippen LogP contribution in [-0.4, -0.2) is 6.54 Å². The first kappa shape index (κ1) is 10.1. The molecule has 1 N–H and O–H groups in total. The average molecular weight is 200 g/mol.